The number of aryl methyl sites for hydroxylation is 1. The molecule has 36 heavy (non-hydrogen) atoms. The van der Waals surface area contributed by atoms with Gasteiger partial charge in [0.05, 0.1) is 17.4 Å². The molecule has 0 saturated carbocycles. The molecule has 0 bridgehead atoms. The molecule has 0 aliphatic carbocycles. The number of hydrogen-bond acceptors (Lipinski definition) is 5. The minimum atomic E-state index is -0.234. The topological polar surface area (TPSA) is 65.8 Å². The van der Waals surface area contributed by atoms with Crippen molar-refractivity contribution in [1.82, 2.24) is 29.5 Å². The van der Waals surface area contributed by atoms with Gasteiger partial charge in [-0.2, -0.15) is 0 Å². The minimum absolute atomic E-state index is 0.176. The molecule has 1 aliphatic heterocycles. The molecule has 1 N–H and O–H groups in total. The zero-order valence-corrected chi connectivity index (χ0v) is 20.7. The van der Waals surface area contributed by atoms with Crippen molar-refractivity contribution >= 4 is 11.4 Å². The number of rotatable bonds is 7. The second-order valence-electron chi connectivity index (χ2n) is 9.41. The zero-order valence-electron chi connectivity index (χ0n) is 20.7. The van der Waals surface area contributed by atoms with Crippen molar-refractivity contribution in [1.29, 1.82) is 0 Å². The van der Waals surface area contributed by atoms with Gasteiger partial charge < -0.3 is 15.1 Å². The van der Waals surface area contributed by atoms with Crippen LogP contribution >= 0.6 is 0 Å². The summed E-state index contributed by atoms with van der Waals surface area (Å²) in [4.78, 5) is 26.6. The Kier molecular flexibility index (Phi) is 7.06. The summed E-state index contributed by atoms with van der Waals surface area (Å²) in [5.41, 5.74) is 4.92. The third kappa shape index (κ3) is 5.15. The maximum Gasteiger partial charge on any atom is 0.287 e. The smallest absolute Gasteiger partial charge is 0.287 e. The lowest BCUT2D eigenvalue weighted by molar-refractivity contribution is 0.0938. The van der Waals surface area contributed by atoms with E-state index < -0.39 is 0 Å². The first-order valence-electron chi connectivity index (χ1n) is 12.4. The van der Waals surface area contributed by atoms with E-state index in [-0.39, 0.29) is 11.7 Å². The Morgan fingerprint density at radius 3 is 2.69 bits per heavy atom. The van der Waals surface area contributed by atoms with E-state index in [9.17, 15) is 9.18 Å². The van der Waals surface area contributed by atoms with Crippen LogP contribution in [0.15, 0.2) is 61.1 Å². The van der Waals surface area contributed by atoms with Crippen LogP contribution in [0.2, 0.25) is 0 Å². The zero-order chi connectivity index (χ0) is 25.1. The van der Waals surface area contributed by atoms with Gasteiger partial charge in [0.15, 0.2) is 0 Å². The second-order valence-corrected chi connectivity index (χ2v) is 9.41. The summed E-state index contributed by atoms with van der Waals surface area (Å²) in [7, 11) is 2.15. The average Bonchev–Trinajstić information content (AvgIpc) is 3.33. The van der Waals surface area contributed by atoms with E-state index in [1.807, 2.05) is 36.5 Å². The normalized spacial score (nSPS) is 14.9. The molecule has 1 amide bonds. The van der Waals surface area contributed by atoms with Crippen molar-refractivity contribution < 1.29 is 9.18 Å². The number of likely N-dealkylation sites (N-methyl/N-ethyl adjacent to an activating group) is 1. The van der Waals surface area contributed by atoms with Gasteiger partial charge in [-0.15, -0.1) is 0 Å². The van der Waals surface area contributed by atoms with Crippen LogP contribution in [0.3, 0.4) is 0 Å². The molecular formula is C28H31FN6O. The summed E-state index contributed by atoms with van der Waals surface area (Å²) in [5.74, 6) is -0.0382. The van der Waals surface area contributed by atoms with Crippen LogP contribution in [-0.4, -0.2) is 76.4 Å². The number of piperazine rings is 1. The maximum absolute atomic E-state index is 13.8. The molecule has 186 valence electrons. The van der Waals surface area contributed by atoms with Crippen molar-refractivity contribution in [3.63, 3.8) is 0 Å². The predicted molar refractivity (Wildman–Crippen MR) is 139 cm³/mol. The number of nitrogens with one attached hydrogen (secondary N) is 1. The molecule has 3 aromatic heterocycles. The van der Waals surface area contributed by atoms with Crippen molar-refractivity contribution in [3.8, 4) is 22.4 Å². The molecule has 0 spiro atoms. The van der Waals surface area contributed by atoms with E-state index in [4.69, 9.17) is 0 Å². The minimum Gasteiger partial charge on any atom is -0.349 e. The van der Waals surface area contributed by atoms with E-state index in [0.29, 0.717) is 17.9 Å². The highest BCUT2D eigenvalue weighted by atomic mass is 19.1. The highest BCUT2D eigenvalue weighted by molar-refractivity contribution is 5.92. The second kappa shape index (κ2) is 10.6. The fourth-order valence-electron chi connectivity index (χ4n) is 4.65. The number of carbonyl (C=O) groups is 1. The first kappa shape index (κ1) is 24.1. The van der Waals surface area contributed by atoms with Crippen LogP contribution in [-0.2, 0) is 0 Å². The van der Waals surface area contributed by atoms with Gasteiger partial charge in [-0.25, -0.2) is 9.37 Å². The van der Waals surface area contributed by atoms with Gasteiger partial charge in [0.2, 0.25) is 5.82 Å². The fourth-order valence-corrected chi connectivity index (χ4v) is 4.65. The van der Waals surface area contributed by atoms with Gasteiger partial charge in [-0.1, -0.05) is 6.07 Å². The summed E-state index contributed by atoms with van der Waals surface area (Å²) >= 11 is 0. The quantitative estimate of drug-likeness (QED) is 0.402. The van der Waals surface area contributed by atoms with Gasteiger partial charge in [0.1, 0.15) is 5.82 Å². The molecule has 0 radical (unpaired) electrons. The number of fused-ring (bicyclic) bond motifs is 1. The Labute approximate surface area is 210 Å². The SMILES string of the molecule is Cc1cc(-c2ncccc2-c2ccn3c(C(=O)NCCCN4CCN(C)CC4)ncc3c2)ccc1F. The average molecular weight is 487 g/mol. The Bertz CT molecular complexity index is 1380. The first-order chi connectivity index (χ1) is 17.5. The lowest BCUT2D eigenvalue weighted by Gasteiger charge is -2.32. The lowest BCUT2D eigenvalue weighted by Crippen LogP contribution is -2.45. The van der Waals surface area contributed by atoms with E-state index in [1.54, 1.807) is 29.8 Å². The van der Waals surface area contributed by atoms with Crippen molar-refractivity contribution in [2.45, 2.75) is 13.3 Å². The third-order valence-electron chi connectivity index (χ3n) is 6.82. The van der Waals surface area contributed by atoms with Gasteiger partial charge in [0.25, 0.3) is 5.91 Å². The van der Waals surface area contributed by atoms with Crippen LogP contribution in [0.5, 0.6) is 0 Å². The molecule has 1 aliphatic rings. The number of amides is 1. The van der Waals surface area contributed by atoms with Gasteiger partial charge in [-0.3, -0.25) is 14.2 Å². The largest absolute Gasteiger partial charge is 0.349 e. The molecule has 4 heterocycles. The number of carbonyl (C=O) groups excluding carboxylic acids is 1. The molecule has 8 heteroatoms. The number of hydrogen-bond donors (Lipinski definition) is 1. The molecule has 4 aromatic rings. The van der Waals surface area contributed by atoms with Gasteiger partial charge in [-0.05, 0) is 74.5 Å². The molecule has 1 aromatic carbocycles. The number of imidazole rings is 1. The third-order valence-corrected chi connectivity index (χ3v) is 6.82. The van der Waals surface area contributed by atoms with Crippen LogP contribution in [0, 0.1) is 12.7 Å². The first-order valence-corrected chi connectivity index (χ1v) is 12.4. The summed E-state index contributed by atoms with van der Waals surface area (Å²) in [6.07, 6.45) is 6.22. The van der Waals surface area contributed by atoms with Crippen LogP contribution in [0.25, 0.3) is 27.9 Å². The van der Waals surface area contributed by atoms with E-state index in [2.05, 4.69) is 32.1 Å². The molecular weight excluding hydrogens is 455 g/mol. The lowest BCUT2D eigenvalue weighted by atomic mass is 9.99. The van der Waals surface area contributed by atoms with Crippen LogP contribution < -0.4 is 5.32 Å². The molecule has 1 fully saturated rings. The number of pyridine rings is 2. The van der Waals surface area contributed by atoms with Crippen molar-refractivity contribution in [2.75, 3.05) is 46.3 Å². The standard InChI is InChI=1S/C28H31FN6O/c1-20-17-22(6-7-25(20)29)26-24(5-3-9-30-26)21-8-12-35-23(18-21)19-32-27(35)28(36)31-10-4-11-34-15-13-33(2)14-16-34/h3,5-9,12,17-19H,4,10-11,13-16H2,1-2H3,(H,31,36). The van der Waals surface area contributed by atoms with Crippen molar-refractivity contribution in [3.05, 3.63) is 78.3 Å². The molecule has 7 nitrogen and oxygen atoms in total. The van der Waals surface area contributed by atoms with E-state index >= 15 is 0 Å². The summed E-state index contributed by atoms with van der Waals surface area (Å²) < 4.78 is 15.6. The Morgan fingerprint density at radius 2 is 1.89 bits per heavy atom. The Balaban J connectivity index is 1.29. The Hall–Kier alpha value is -3.62. The number of aromatic nitrogens is 3. The fraction of sp³-hybridized carbons (Fsp3) is 0.321. The van der Waals surface area contributed by atoms with Gasteiger partial charge in [0, 0.05) is 56.2 Å². The number of nitrogens with zero attached hydrogens (tertiary/aromatic N) is 5. The monoisotopic (exact) mass is 486 g/mol. The number of benzene rings is 1. The summed E-state index contributed by atoms with van der Waals surface area (Å²) in [6, 6.07) is 12.9. The van der Waals surface area contributed by atoms with Gasteiger partial charge >= 0.3 is 0 Å². The summed E-state index contributed by atoms with van der Waals surface area (Å²) in [6.45, 7) is 7.71. The maximum atomic E-state index is 13.8. The van der Waals surface area contributed by atoms with Crippen molar-refractivity contribution in [2.24, 2.45) is 0 Å². The van der Waals surface area contributed by atoms with E-state index in [0.717, 1.165) is 67.0 Å². The highest BCUT2D eigenvalue weighted by Crippen LogP contribution is 2.31. The Morgan fingerprint density at radius 1 is 1.06 bits per heavy atom. The highest BCUT2D eigenvalue weighted by Gasteiger charge is 2.16. The molecule has 0 atom stereocenters. The molecule has 5 rings (SSSR count). The predicted octanol–water partition coefficient (Wildman–Crippen LogP) is 3.88. The van der Waals surface area contributed by atoms with Crippen LogP contribution in [0.1, 0.15) is 22.6 Å². The van der Waals surface area contributed by atoms with E-state index in [1.165, 1.54) is 6.07 Å². The number of halogens is 1. The molecule has 1 saturated heterocycles. The summed E-state index contributed by atoms with van der Waals surface area (Å²) in [5, 5.41) is 3.01. The molecule has 0 unspecified atom stereocenters. The van der Waals surface area contributed by atoms with Crippen LogP contribution in [0.4, 0.5) is 4.39 Å².